The Labute approximate surface area is 132 Å². The van der Waals surface area contributed by atoms with Crippen LogP contribution < -0.4 is 5.73 Å². The molecule has 5 heteroatoms. The maximum atomic E-state index is 13.3. The van der Waals surface area contributed by atoms with Crippen LogP contribution in [-0.4, -0.2) is 47.9 Å². The highest BCUT2D eigenvalue weighted by molar-refractivity contribution is 5.82. The van der Waals surface area contributed by atoms with Crippen molar-refractivity contribution < 1.29 is 9.18 Å². The normalized spacial score (nSPS) is 19.3. The SMILES string of the molecule is CC(C)[C@H](N)C(=O)N1CCN([C@@H](C)c2cccc(F)c2)CC1. The topological polar surface area (TPSA) is 49.6 Å². The lowest BCUT2D eigenvalue weighted by molar-refractivity contribution is -0.135. The van der Waals surface area contributed by atoms with E-state index in [1.807, 2.05) is 24.8 Å². The maximum absolute atomic E-state index is 13.3. The van der Waals surface area contributed by atoms with Crippen molar-refractivity contribution in [2.24, 2.45) is 11.7 Å². The summed E-state index contributed by atoms with van der Waals surface area (Å²) in [6.07, 6.45) is 0. The van der Waals surface area contributed by atoms with Crippen molar-refractivity contribution >= 4 is 5.91 Å². The molecule has 0 saturated carbocycles. The second kappa shape index (κ2) is 7.20. The molecule has 22 heavy (non-hydrogen) atoms. The van der Waals surface area contributed by atoms with Crippen LogP contribution in [0.3, 0.4) is 0 Å². The summed E-state index contributed by atoms with van der Waals surface area (Å²) in [6.45, 7) is 8.93. The van der Waals surface area contributed by atoms with Gasteiger partial charge >= 0.3 is 0 Å². The molecule has 4 nitrogen and oxygen atoms in total. The molecule has 2 rings (SSSR count). The number of carbonyl (C=O) groups is 1. The van der Waals surface area contributed by atoms with E-state index >= 15 is 0 Å². The number of nitrogens with zero attached hydrogens (tertiary/aromatic N) is 2. The number of halogens is 1. The predicted molar refractivity (Wildman–Crippen MR) is 85.8 cm³/mol. The number of hydrogen-bond acceptors (Lipinski definition) is 3. The number of nitrogens with two attached hydrogens (primary N) is 1. The molecule has 1 amide bonds. The van der Waals surface area contributed by atoms with Crippen LogP contribution in [0.25, 0.3) is 0 Å². The molecule has 1 aromatic carbocycles. The second-order valence-corrected chi connectivity index (χ2v) is 6.36. The third-order valence-corrected chi connectivity index (χ3v) is 4.51. The van der Waals surface area contributed by atoms with Gasteiger partial charge in [-0.1, -0.05) is 26.0 Å². The molecule has 1 saturated heterocycles. The third kappa shape index (κ3) is 3.84. The van der Waals surface area contributed by atoms with Crippen molar-refractivity contribution in [3.05, 3.63) is 35.6 Å². The summed E-state index contributed by atoms with van der Waals surface area (Å²) in [5.41, 5.74) is 6.92. The van der Waals surface area contributed by atoms with E-state index in [0.29, 0.717) is 13.1 Å². The number of hydrogen-bond donors (Lipinski definition) is 1. The Bertz CT molecular complexity index is 512. The van der Waals surface area contributed by atoms with Gasteiger partial charge in [0.15, 0.2) is 0 Å². The molecule has 0 aromatic heterocycles. The quantitative estimate of drug-likeness (QED) is 0.926. The molecule has 2 atom stereocenters. The van der Waals surface area contributed by atoms with Crippen molar-refractivity contribution in [1.82, 2.24) is 9.80 Å². The summed E-state index contributed by atoms with van der Waals surface area (Å²) in [4.78, 5) is 16.4. The Hall–Kier alpha value is -1.46. The zero-order valence-electron chi connectivity index (χ0n) is 13.6. The number of rotatable bonds is 4. The lowest BCUT2D eigenvalue weighted by Gasteiger charge is -2.39. The van der Waals surface area contributed by atoms with Gasteiger partial charge in [-0.2, -0.15) is 0 Å². The fourth-order valence-electron chi connectivity index (χ4n) is 2.80. The van der Waals surface area contributed by atoms with Gasteiger partial charge in [-0.3, -0.25) is 9.69 Å². The summed E-state index contributed by atoms with van der Waals surface area (Å²) in [6, 6.07) is 6.44. The van der Waals surface area contributed by atoms with E-state index in [0.717, 1.165) is 18.7 Å². The molecule has 1 aliphatic rings. The summed E-state index contributed by atoms with van der Waals surface area (Å²) in [5, 5.41) is 0. The fraction of sp³-hybridized carbons (Fsp3) is 0.588. The minimum Gasteiger partial charge on any atom is -0.339 e. The van der Waals surface area contributed by atoms with Crippen LogP contribution in [0.15, 0.2) is 24.3 Å². The van der Waals surface area contributed by atoms with E-state index in [1.165, 1.54) is 6.07 Å². The molecule has 1 fully saturated rings. The summed E-state index contributed by atoms with van der Waals surface area (Å²) in [5.74, 6) is -0.0223. The minimum absolute atomic E-state index is 0.0352. The van der Waals surface area contributed by atoms with Crippen molar-refractivity contribution in [3.63, 3.8) is 0 Å². The zero-order valence-corrected chi connectivity index (χ0v) is 13.6. The molecule has 0 unspecified atom stereocenters. The van der Waals surface area contributed by atoms with E-state index in [4.69, 9.17) is 5.73 Å². The van der Waals surface area contributed by atoms with Gasteiger partial charge in [0.2, 0.25) is 5.91 Å². The largest absolute Gasteiger partial charge is 0.339 e. The Morgan fingerprint density at radius 1 is 1.18 bits per heavy atom. The highest BCUT2D eigenvalue weighted by Gasteiger charge is 2.28. The molecule has 1 aliphatic heterocycles. The highest BCUT2D eigenvalue weighted by atomic mass is 19.1. The lowest BCUT2D eigenvalue weighted by Crippen LogP contribution is -2.54. The average molecular weight is 307 g/mol. The summed E-state index contributed by atoms with van der Waals surface area (Å²) < 4.78 is 13.3. The number of piperazine rings is 1. The first kappa shape index (κ1) is 16.9. The van der Waals surface area contributed by atoms with Crippen LogP contribution in [-0.2, 0) is 4.79 Å². The molecular weight excluding hydrogens is 281 g/mol. The van der Waals surface area contributed by atoms with Crippen molar-refractivity contribution in [1.29, 1.82) is 0 Å². The molecule has 0 spiro atoms. The van der Waals surface area contributed by atoms with E-state index < -0.39 is 6.04 Å². The van der Waals surface area contributed by atoms with Crippen LogP contribution >= 0.6 is 0 Å². The first-order valence-corrected chi connectivity index (χ1v) is 7.94. The summed E-state index contributed by atoms with van der Waals surface area (Å²) in [7, 11) is 0. The predicted octanol–water partition coefficient (Wildman–Crippen LogP) is 2.01. The van der Waals surface area contributed by atoms with Crippen LogP contribution in [0, 0.1) is 11.7 Å². The van der Waals surface area contributed by atoms with Crippen LogP contribution in [0.1, 0.15) is 32.4 Å². The third-order valence-electron chi connectivity index (χ3n) is 4.51. The van der Waals surface area contributed by atoms with Gasteiger partial charge in [0.05, 0.1) is 6.04 Å². The highest BCUT2D eigenvalue weighted by Crippen LogP contribution is 2.22. The van der Waals surface area contributed by atoms with E-state index in [2.05, 4.69) is 11.8 Å². The van der Waals surface area contributed by atoms with Gasteiger partial charge in [0, 0.05) is 32.2 Å². The number of carbonyl (C=O) groups excluding carboxylic acids is 1. The summed E-state index contributed by atoms with van der Waals surface area (Å²) >= 11 is 0. The van der Waals surface area contributed by atoms with Gasteiger partial charge in [-0.05, 0) is 30.5 Å². The Morgan fingerprint density at radius 3 is 2.36 bits per heavy atom. The maximum Gasteiger partial charge on any atom is 0.239 e. The minimum atomic E-state index is -0.424. The van der Waals surface area contributed by atoms with Crippen LogP contribution in [0.2, 0.25) is 0 Å². The standard InChI is InChI=1S/C17H26FN3O/c1-12(2)16(19)17(22)21-9-7-20(8-10-21)13(3)14-5-4-6-15(18)11-14/h4-6,11-13,16H,7-10,19H2,1-3H3/t13-,16-/m0/s1. The van der Waals surface area contributed by atoms with Crippen molar-refractivity contribution in [2.75, 3.05) is 26.2 Å². The van der Waals surface area contributed by atoms with Gasteiger partial charge in [-0.25, -0.2) is 4.39 Å². The molecule has 0 radical (unpaired) electrons. The lowest BCUT2D eigenvalue weighted by atomic mass is 10.0. The fourth-order valence-corrected chi connectivity index (χ4v) is 2.80. The first-order chi connectivity index (χ1) is 10.4. The van der Waals surface area contributed by atoms with E-state index in [-0.39, 0.29) is 23.7 Å². The smallest absolute Gasteiger partial charge is 0.239 e. The second-order valence-electron chi connectivity index (χ2n) is 6.36. The monoisotopic (exact) mass is 307 g/mol. The van der Waals surface area contributed by atoms with Crippen LogP contribution in [0.5, 0.6) is 0 Å². The van der Waals surface area contributed by atoms with E-state index in [9.17, 15) is 9.18 Å². The molecule has 2 N–H and O–H groups in total. The Morgan fingerprint density at radius 2 is 1.82 bits per heavy atom. The molecule has 1 heterocycles. The molecule has 1 aromatic rings. The van der Waals surface area contributed by atoms with Crippen molar-refractivity contribution in [2.45, 2.75) is 32.9 Å². The number of amides is 1. The Balaban J connectivity index is 1.93. The Kier molecular flexibility index (Phi) is 5.53. The van der Waals surface area contributed by atoms with Crippen molar-refractivity contribution in [3.8, 4) is 0 Å². The average Bonchev–Trinajstić information content (AvgIpc) is 2.52. The molecular formula is C17H26FN3O. The zero-order chi connectivity index (χ0) is 16.3. The van der Waals surface area contributed by atoms with Gasteiger partial charge in [0.1, 0.15) is 5.82 Å². The molecule has 0 bridgehead atoms. The molecule has 0 aliphatic carbocycles. The van der Waals surface area contributed by atoms with Crippen LogP contribution in [0.4, 0.5) is 4.39 Å². The van der Waals surface area contributed by atoms with Gasteiger partial charge in [0.25, 0.3) is 0 Å². The first-order valence-electron chi connectivity index (χ1n) is 7.94. The van der Waals surface area contributed by atoms with E-state index in [1.54, 1.807) is 12.1 Å². The molecule has 122 valence electrons. The van der Waals surface area contributed by atoms with Gasteiger partial charge < -0.3 is 10.6 Å². The van der Waals surface area contributed by atoms with Gasteiger partial charge in [-0.15, -0.1) is 0 Å². The number of benzene rings is 1.